The van der Waals surface area contributed by atoms with Crippen molar-refractivity contribution < 1.29 is 0 Å². The molecule has 5 rings (SSSR count). The molecule has 0 saturated heterocycles. The van der Waals surface area contributed by atoms with Crippen LogP contribution >= 0.6 is 0 Å². The molecule has 0 saturated carbocycles. The number of anilines is 1. The van der Waals surface area contributed by atoms with Crippen molar-refractivity contribution in [2.24, 2.45) is 0 Å². The first-order valence-electron chi connectivity index (χ1n) is 9.67. The monoisotopic (exact) mass is 374 g/mol. The van der Waals surface area contributed by atoms with Gasteiger partial charge < -0.3 is 5.32 Å². The maximum Gasteiger partial charge on any atom is 0.203 e. The van der Waals surface area contributed by atoms with Crippen molar-refractivity contribution in [3.8, 4) is 11.5 Å². The molecule has 0 amide bonds. The molecule has 1 unspecified atom stereocenters. The highest BCUT2D eigenvalue weighted by atomic mass is 15.4. The molecule has 4 aromatic rings. The smallest absolute Gasteiger partial charge is 0.203 e. The number of pyridine rings is 1. The summed E-state index contributed by atoms with van der Waals surface area (Å²) in [5.74, 6) is 1.41. The Morgan fingerprint density at radius 1 is 1.11 bits per heavy atom. The number of hydrogen-bond donors (Lipinski definition) is 1. The molecule has 4 heterocycles. The predicted octanol–water partition coefficient (Wildman–Crippen LogP) is 3.45. The fourth-order valence-electron chi connectivity index (χ4n) is 3.67. The van der Waals surface area contributed by atoms with E-state index in [0.29, 0.717) is 17.5 Å². The Bertz CT molecular complexity index is 1110. The third-order valence-corrected chi connectivity index (χ3v) is 5.12. The van der Waals surface area contributed by atoms with E-state index in [1.54, 1.807) is 10.7 Å². The van der Waals surface area contributed by atoms with Gasteiger partial charge in [0.05, 0.1) is 11.7 Å². The quantitative estimate of drug-likeness (QED) is 0.589. The second kappa shape index (κ2) is 6.70. The van der Waals surface area contributed by atoms with Gasteiger partial charge in [-0.2, -0.15) is 9.61 Å². The number of fused-ring (bicyclic) bond motifs is 2. The summed E-state index contributed by atoms with van der Waals surface area (Å²) >= 11 is 0. The van der Waals surface area contributed by atoms with Gasteiger partial charge in [0, 0.05) is 18.4 Å². The van der Waals surface area contributed by atoms with Crippen LogP contribution in [0.25, 0.3) is 17.2 Å². The number of nitrogens with one attached hydrogen (secondary N) is 1. The molecular formula is C20H22N8. The lowest BCUT2D eigenvalue weighted by atomic mass is 9.94. The van der Waals surface area contributed by atoms with E-state index in [0.717, 1.165) is 36.5 Å². The van der Waals surface area contributed by atoms with Crippen molar-refractivity contribution in [3.63, 3.8) is 0 Å². The van der Waals surface area contributed by atoms with Gasteiger partial charge in [0.1, 0.15) is 11.5 Å². The molecule has 8 heteroatoms. The first-order valence-corrected chi connectivity index (χ1v) is 9.67. The van der Waals surface area contributed by atoms with Crippen molar-refractivity contribution in [2.45, 2.75) is 45.2 Å². The molecule has 0 fully saturated rings. The second-order valence-corrected chi connectivity index (χ2v) is 7.43. The van der Waals surface area contributed by atoms with Crippen molar-refractivity contribution in [3.05, 3.63) is 54.0 Å². The molecule has 8 nitrogen and oxygen atoms in total. The van der Waals surface area contributed by atoms with Gasteiger partial charge in [0.2, 0.25) is 5.82 Å². The van der Waals surface area contributed by atoms with Crippen molar-refractivity contribution >= 4 is 11.5 Å². The van der Waals surface area contributed by atoms with Crippen LogP contribution in [0.5, 0.6) is 0 Å². The molecule has 4 aromatic heterocycles. The zero-order valence-electron chi connectivity index (χ0n) is 15.9. The highest BCUT2D eigenvalue weighted by molar-refractivity contribution is 5.55. The SMILES string of the molecule is CC(C)n1cc2c(n1)C(Nc1ccc3nnc(-c4ccccn4)n3n1)CCC2. The zero-order valence-corrected chi connectivity index (χ0v) is 15.9. The maximum absolute atomic E-state index is 4.83. The third-order valence-electron chi connectivity index (χ3n) is 5.12. The minimum Gasteiger partial charge on any atom is -0.360 e. The van der Waals surface area contributed by atoms with E-state index in [4.69, 9.17) is 10.2 Å². The molecule has 1 N–H and O–H groups in total. The molecule has 0 aromatic carbocycles. The first kappa shape index (κ1) is 16.9. The summed E-state index contributed by atoms with van der Waals surface area (Å²) in [5, 5.41) is 21.6. The van der Waals surface area contributed by atoms with Gasteiger partial charge in [-0.05, 0) is 62.9 Å². The summed E-state index contributed by atoms with van der Waals surface area (Å²) in [6.07, 6.45) is 7.19. The fourth-order valence-corrected chi connectivity index (χ4v) is 3.67. The number of aromatic nitrogens is 7. The number of hydrogen-bond acceptors (Lipinski definition) is 6. The number of aryl methyl sites for hydroxylation is 1. The highest BCUT2D eigenvalue weighted by Gasteiger charge is 2.25. The average Bonchev–Trinajstić information content (AvgIpc) is 3.33. The van der Waals surface area contributed by atoms with Crippen LogP contribution in [0.2, 0.25) is 0 Å². The Morgan fingerprint density at radius 2 is 2.04 bits per heavy atom. The Morgan fingerprint density at radius 3 is 2.86 bits per heavy atom. The molecule has 142 valence electrons. The summed E-state index contributed by atoms with van der Waals surface area (Å²) in [5.41, 5.74) is 3.91. The lowest BCUT2D eigenvalue weighted by Gasteiger charge is -2.22. The van der Waals surface area contributed by atoms with Crippen LogP contribution in [0.4, 0.5) is 5.82 Å². The predicted molar refractivity (Wildman–Crippen MR) is 106 cm³/mol. The molecule has 28 heavy (non-hydrogen) atoms. The van der Waals surface area contributed by atoms with Crippen molar-refractivity contribution in [1.29, 1.82) is 0 Å². The Hall–Kier alpha value is -3.29. The minimum absolute atomic E-state index is 0.156. The molecule has 0 radical (unpaired) electrons. The fraction of sp³-hybridized carbons (Fsp3) is 0.350. The summed E-state index contributed by atoms with van der Waals surface area (Å²) in [6.45, 7) is 4.31. The second-order valence-electron chi connectivity index (χ2n) is 7.43. The largest absolute Gasteiger partial charge is 0.360 e. The molecule has 1 aliphatic carbocycles. The van der Waals surface area contributed by atoms with E-state index >= 15 is 0 Å². The van der Waals surface area contributed by atoms with E-state index in [1.165, 1.54) is 5.56 Å². The van der Waals surface area contributed by atoms with E-state index in [-0.39, 0.29) is 6.04 Å². The van der Waals surface area contributed by atoms with E-state index in [9.17, 15) is 0 Å². The molecule has 0 bridgehead atoms. The van der Waals surface area contributed by atoms with E-state index in [1.807, 2.05) is 30.3 Å². The lowest BCUT2D eigenvalue weighted by Crippen LogP contribution is -2.18. The van der Waals surface area contributed by atoms with Crippen LogP contribution in [0.1, 0.15) is 50.0 Å². The van der Waals surface area contributed by atoms with Gasteiger partial charge in [-0.15, -0.1) is 15.3 Å². The van der Waals surface area contributed by atoms with Gasteiger partial charge >= 0.3 is 0 Å². The number of rotatable bonds is 4. The summed E-state index contributed by atoms with van der Waals surface area (Å²) in [7, 11) is 0. The average molecular weight is 374 g/mol. The maximum atomic E-state index is 4.83. The first-order chi connectivity index (χ1) is 13.7. The molecular weight excluding hydrogens is 352 g/mol. The van der Waals surface area contributed by atoms with E-state index < -0.39 is 0 Å². The van der Waals surface area contributed by atoms with Crippen LogP contribution in [-0.2, 0) is 6.42 Å². The van der Waals surface area contributed by atoms with Gasteiger partial charge in [0.15, 0.2) is 5.65 Å². The summed E-state index contributed by atoms with van der Waals surface area (Å²) in [6, 6.07) is 10.1. The molecule has 1 aliphatic rings. The van der Waals surface area contributed by atoms with Gasteiger partial charge in [0.25, 0.3) is 0 Å². The van der Waals surface area contributed by atoms with E-state index in [2.05, 4.69) is 45.2 Å². The van der Waals surface area contributed by atoms with Crippen LogP contribution in [0.15, 0.2) is 42.7 Å². The third kappa shape index (κ3) is 2.90. The van der Waals surface area contributed by atoms with Gasteiger partial charge in [-0.1, -0.05) is 6.07 Å². The Labute approximate surface area is 162 Å². The normalized spacial score (nSPS) is 16.5. The van der Waals surface area contributed by atoms with Gasteiger partial charge in [-0.25, -0.2) is 0 Å². The zero-order chi connectivity index (χ0) is 19.1. The van der Waals surface area contributed by atoms with Crippen LogP contribution in [-0.4, -0.2) is 34.6 Å². The number of nitrogens with zero attached hydrogens (tertiary/aromatic N) is 7. The van der Waals surface area contributed by atoms with Crippen LogP contribution < -0.4 is 5.32 Å². The lowest BCUT2D eigenvalue weighted by molar-refractivity contribution is 0.515. The highest BCUT2D eigenvalue weighted by Crippen LogP contribution is 2.32. The van der Waals surface area contributed by atoms with Gasteiger partial charge in [-0.3, -0.25) is 9.67 Å². The minimum atomic E-state index is 0.156. The van der Waals surface area contributed by atoms with Crippen molar-refractivity contribution in [1.82, 2.24) is 34.6 Å². The molecule has 1 atom stereocenters. The van der Waals surface area contributed by atoms with Crippen LogP contribution in [0.3, 0.4) is 0 Å². The molecule has 0 spiro atoms. The topological polar surface area (TPSA) is 85.8 Å². The Kier molecular flexibility index (Phi) is 4.03. The Balaban J connectivity index is 1.48. The summed E-state index contributed by atoms with van der Waals surface area (Å²) < 4.78 is 3.79. The van der Waals surface area contributed by atoms with Crippen molar-refractivity contribution in [2.75, 3.05) is 5.32 Å². The summed E-state index contributed by atoms with van der Waals surface area (Å²) in [4.78, 5) is 4.37. The van der Waals surface area contributed by atoms with Crippen LogP contribution in [0, 0.1) is 0 Å². The molecule has 0 aliphatic heterocycles. The standard InChI is InChI=1S/C20H22N8/c1-13(2)27-12-14-6-5-8-15(19(14)26-27)22-17-9-10-18-23-24-20(28(18)25-17)16-7-3-4-11-21-16/h3-4,7,9-13,15H,5-6,8H2,1-2H3,(H,22,25).